The average Bonchev–Trinajstić information content (AvgIpc) is 3.25. The van der Waals surface area contributed by atoms with Crippen LogP contribution in [0.5, 0.6) is 5.75 Å². The van der Waals surface area contributed by atoms with Crippen LogP contribution in [0.2, 0.25) is 0 Å². The third-order valence-electron chi connectivity index (χ3n) is 5.79. The van der Waals surface area contributed by atoms with Crippen LogP contribution < -0.4 is 4.74 Å². The van der Waals surface area contributed by atoms with Crippen molar-refractivity contribution < 1.29 is 31.5 Å². The van der Waals surface area contributed by atoms with Gasteiger partial charge in [0, 0.05) is 41.3 Å². The molecule has 0 radical (unpaired) electrons. The first-order valence-corrected chi connectivity index (χ1v) is 10.9. The van der Waals surface area contributed by atoms with E-state index in [1.165, 1.54) is 33.7 Å². The van der Waals surface area contributed by atoms with Crippen LogP contribution in [0.4, 0.5) is 26.7 Å². The molecule has 4 rings (SSSR count). The third kappa shape index (κ3) is 4.58. The van der Waals surface area contributed by atoms with Gasteiger partial charge in [0.05, 0.1) is 6.54 Å². The molecule has 35 heavy (non-hydrogen) atoms. The number of benzene rings is 3. The van der Waals surface area contributed by atoms with Gasteiger partial charge in [-0.15, -0.1) is 0 Å². The highest BCUT2D eigenvalue weighted by Gasteiger charge is 2.22. The SMILES string of the molecule is CCN(CC)C(=O)Oc1ccc2c(ccn2Cc2cc(F)c(F)c(F)c2F)c1-c1ccc(F)cc1. The highest BCUT2D eigenvalue weighted by Crippen LogP contribution is 2.38. The summed E-state index contributed by atoms with van der Waals surface area (Å²) in [5.74, 6) is -6.95. The van der Waals surface area contributed by atoms with Crippen LogP contribution in [-0.2, 0) is 6.54 Å². The van der Waals surface area contributed by atoms with Crippen molar-refractivity contribution in [3.8, 4) is 16.9 Å². The van der Waals surface area contributed by atoms with E-state index in [1.54, 1.807) is 24.4 Å². The number of amides is 1. The van der Waals surface area contributed by atoms with Crippen LogP contribution >= 0.6 is 0 Å². The fourth-order valence-electron chi connectivity index (χ4n) is 3.95. The molecule has 1 aromatic heterocycles. The summed E-state index contributed by atoms with van der Waals surface area (Å²) in [6, 6.07) is 11.0. The van der Waals surface area contributed by atoms with E-state index in [-0.39, 0.29) is 17.9 Å². The number of aromatic nitrogens is 1. The van der Waals surface area contributed by atoms with Crippen molar-refractivity contribution >= 4 is 17.0 Å². The number of carbonyl (C=O) groups is 1. The van der Waals surface area contributed by atoms with E-state index in [2.05, 4.69) is 0 Å². The second-order valence-electron chi connectivity index (χ2n) is 7.82. The van der Waals surface area contributed by atoms with E-state index in [9.17, 15) is 26.7 Å². The first kappa shape index (κ1) is 24.3. The van der Waals surface area contributed by atoms with E-state index in [4.69, 9.17) is 4.74 Å². The minimum atomic E-state index is -1.88. The molecule has 3 aromatic carbocycles. The van der Waals surface area contributed by atoms with Gasteiger partial charge in [0.25, 0.3) is 0 Å². The molecule has 0 unspecified atom stereocenters. The van der Waals surface area contributed by atoms with Gasteiger partial charge in [-0.1, -0.05) is 12.1 Å². The lowest BCUT2D eigenvalue weighted by atomic mass is 10.0. The Kier molecular flexibility index (Phi) is 6.77. The molecule has 182 valence electrons. The second kappa shape index (κ2) is 9.77. The van der Waals surface area contributed by atoms with Gasteiger partial charge in [0.15, 0.2) is 23.3 Å². The fraction of sp³-hybridized carbons (Fsp3) is 0.192. The van der Waals surface area contributed by atoms with Crippen molar-refractivity contribution in [1.29, 1.82) is 0 Å². The lowest BCUT2D eigenvalue weighted by molar-refractivity contribution is 0.157. The Morgan fingerprint density at radius 1 is 0.886 bits per heavy atom. The summed E-state index contributed by atoms with van der Waals surface area (Å²) >= 11 is 0. The first-order valence-electron chi connectivity index (χ1n) is 10.9. The fourth-order valence-corrected chi connectivity index (χ4v) is 3.95. The molecule has 0 spiro atoms. The number of hydrogen-bond donors (Lipinski definition) is 0. The van der Waals surface area contributed by atoms with Crippen LogP contribution in [0.1, 0.15) is 19.4 Å². The molecular weight excluding hydrogens is 467 g/mol. The van der Waals surface area contributed by atoms with Crippen LogP contribution in [0.15, 0.2) is 54.7 Å². The number of halogens is 5. The number of carbonyl (C=O) groups excluding carboxylic acids is 1. The molecule has 0 saturated heterocycles. The molecule has 0 aliphatic rings. The second-order valence-corrected chi connectivity index (χ2v) is 7.82. The number of fused-ring (bicyclic) bond motifs is 1. The Balaban J connectivity index is 1.83. The molecule has 0 bridgehead atoms. The number of nitrogens with zero attached hydrogens (tertiary/aromatic N) is 2. The molecule has 4 aromatic rings. The first-order chi connectivity index (χ1) is 16.7. The predicted molar refractivity (Wildman–Crippen MR) is 122 cm³/mol. The molecule has 0 N–H and O–H groups in total. The highest BCUT2D eigenvalue weighted by molar-refractivity contribution is 5.99. The zero-order valence-electron chi connectivity index (χ0n) is 18.9. The smallest absolute Gasteiger partial charge is 0.410 e. The summed E-state index contributed by atoms with van der Waals surface area (Å²) in [5.41, 5.74) is 1.19. The van der Waals surface area contributed by atoms with Crippen LogP contribution in [0.3, 0.4) is 0 Å². The Morgan fingerprint density at radius 3 is 2.23 bits per heavy atom. The summed E-state index contributed by atoms with van der Waals surface area (Å²) in [7, 11) is 0. The minimum Gasteiger partial charge on any atom is -0.410 e. The van der Waals surface area contributed by atoms with Gasteiger partial charge in [-0.25, -0.2) is 26.7 Å². The number of ether oxygens (including phenoxy) is 1. The Morgan fingerprint density at radius 2 is 1.57 bits per heavy atom. The summed E-state index contributed by atoms with van der Waals surface area (Å²) in [5, 5.41) is 0.574. The van der Waals surface area contributed by atoms with Gasteiger partial charge in [-0.2, -0.15) is 0 Å². The molecule has 0 saturated carbocycles. The van der Waals surface area contributed by atoms with Crippen LogP contribution in [-0.4, -0.2) is 28.6 Å². The summed E-state index contributed by atoms with van der Waals surface area (Å²) in [6.07, 6.45) is 1.00. The zero-order chi connectivity index (χ0) is 25.3. The maximum absolute atomic E-state index is 14.3. The van der Waals surface area contributed by atoms with E-state index in [0.717, 1.165) is 0 Å². The molecular formula is C26H21F5N2O2. The van der Waals surface area contributed by atoms with E-state index < -0.39 is 35.2 Å². The van der Waals surface area contributed by atoms with Gasteiger partial charge >= 0.3 is 6.09 Å². The van der Waals surface area contributed by atoms with Crippen LogP contribution in [0, 0.1) is 29.1 Å². The van der Waals surface area contributed by atoms with Crippen molar-refractivity contribution in [2.45, 2.75) is 20.4 Å². The van der Waals surface area contributed by atoms with Crippen molar-refractivity contribution in [1.82, 2.24) is 9.47 Å². The average molecular weight is 488 g/mol. The summed E-state index contributed by atoms with van der Waals surface area (Å²) in [4.78, 5) is 14.1. The summed E-state index contributed by atoms with van der Waals surface area (Å²) in [6.45, 7) is 4.22. The Labute approximate surface area is 198 Å². The molecule has 0 atom stereocenters. The predicted octanol–water partition coefficient (Wildman–Crippen LogP) is 6.89. The summed E-state index contributed by atoms with van der Waals surface area (Å²) < 4.78 is 75.8. The maximum atomic E-state index is 14.3. The van der Waals surface area contributed by atoms with E-state index in [0.29, 0.717) is 41.2 Å². The maximum Gasteiger partial charge on any atom is 0.415 e. The Hall–Kier alpha value is -3.88. The highest BCUT2D eigenvalue weighted by atomic mass is 19.2. The molecule has 0 aliphatic heterocycles. The van der Waals surface area contributed by atoms with Gasteiger partial charge in [0.2, 0.25) is 0 Å². The topological polar surface area (TPSA) is 34.5 Å². The largest absolute Gasteiger partial charge is 0.415 e. The Bertz CT molecular complexity index is 1400. The molecule has 0 aliphatic carbocycles. The minimum absolute atomic E-state index is 0.226. The lowest BCUT2D eigenvalue weighted by Gasteiger charge is -2.20. The van der Waals surface area contributed by atoms with Crippen molar-refractivity contribution in [3.05, 3.63) is 89.4 Å². The molecule has 9 heteroatoms. The standard InChI is InChI=1S/C26H21F5N2O2/c1-3-32(4-2)26(34)35-21-10-9-20-18(22(21)15-5-7-17(27)8-6-15)11-12-33(20)14-16-13-19(28)24(30)25(31)23(16)29/h5-13H,3-4,14H2,1-2H3. The zero-order valence-corrected chi connectivity index (χ0v) is 18.9. The number of rotatable bonds is 6. The van der Waals surface area contributed by atoms with Crippen molar-refractivity contribution in [2.24, 2.45) is 0 Å². The van der Waals surface area contributed by atoms with Gasteiger partial charge in [-0.05, 0) is 55.8 Å². The lowest BCUT2D eigenvalue weighted by Crippen LogP contribution is -2.33. The molecule has 1 heterocycles. The van der Waals surface area contributed by atoms with Crippen molar-refractivity contribution in [2.75, 3.05) is 13.1 Å². The monoisotopic (exact) mass is 488 g/mol. The van der Waals surface area contributed by atoms with Gasteiger partial charge in [-0.3, -0.25) is 0 Å². The third-order valence-corrected chi connectivity index (χ3v) is 5.79. The normalized spacial score (nSPS) is 11.2. The van der Waals surface area contributed by atoms with Gasteiger partial charge < -0.3 is 14.2 Å². The molecule has 0 fully saturated rings. The van der Waals surface area contributed by atoms with E-state index in [1.807, 2.05) is 13.8 Å². The van der Waals surface area contributed by atoms with E-state index >= 15 is 0 Å². The van der Waals surface area contributed by atoms with Crippen LogP contribution in [0.25, 0.3) is 22.0 Å². The quantitative estimate of drug-likeness (QED) is 0.168. The van der Waals surface area contributed by atoms with Crippen molar-refractivity contribution in [3.63, 3.8) is 0 Å². The molecule has 1 amide bonds. The number of hydrogen-bond acceptors (Lipinski definition) is 2. The van der Waals surface area contributed by atoms with Gasteiger partial charge in [0.1, 0.15) is 11.6 Å². The molecule has 4 nitrogen and oxygen atoms in total.